The summed E-state index contributed by atoms with van der Waals surface area (Å²) in [5, 5.41) is 11.1. The molecule has 0 aromatic heterocycles. The first-order chi connectivity index (χ1) is 20.0. The van der Waals surface area contributed by atoms with Crippen molar-refractivity contribution in [3.63, 3.8) is 0 Å². The molecule has 5 rings (SSSR count). The Kier molecular flexibility index (Phi) is 7.93. The molecular formula is C34H30N2O5. The maximum absolute atomic E-state index is 14.0. The highest BCUT2D eigenvalue weighted by Gasteiger charge is 2.47. The normalized spacial score (nSPS) is 15.4. The summed E-state index contributed by atoms with van der Waals surface area (Å²) < 4.78 is 23.1. The lowest BCUT2D eigenvalue weighted by molar-refractivity contribution is 0.0692. The van der Waals surface area contributed by atoms with Crippen LogP contribution in [0.4, 0.5) is 0 Å². The van der Waals surface area contributed by atoms with Crippen LogP contribution in [0.25, 0.3) is 6.08 Å². The zero-order chi connectivity index (χ0) is 28.8. The van der Waals surface area contributed by atoms with Crippen LogP contribution in [0.1, 0.15) is 32.6 Å². The molecule has 1 unspecified atom stereocenters. The van der Waals surface area contributed by atoms with Gasteiger partial charge in [0.05, 0.1) is 27.4 Å². The van der Waals surface area contributed by atoms with Gasteiger partial charge < -0.3 is 18.9 Å². The molecule has 0 bridgehead atoms. The van der Waals surface area contributed by atoms with Crippen molar-refractivity contribution in [2.75, 3.05) is 21.3 Å². The minimum absolute atomic E-state index is 0.147. The van der Waals surface area contributed by atoms with Gasteiger partial charge in [0.15, 0.2) is 28.5 Å². The van der Waals surface area contributed by atoms with E-state index in [1.165, 1.54) is 4.90 Å². The van der Waals surface area contributed by atoms with Crippen molar-refractivity contribution in [3.05, 3.63) is 125 Å². The van der Waals surface area contributed by atoms with E-state index in [0.29, 0.717) is 34.1 Å². The molecule has 206 valence electrons. The van der Waals surface area contributed by atoms with Crippen LogP contribution in [-0.2, 0) is 18.6 Å². The molecule has 41 heavy (non-hydrogen) atoms. The zero-order valence-corrected chi connectivity index (χ0v) is 23.2. The number of methoxy groups -OCH3 is 3. The van der Waals surface area contributed by atoms with Crippen molar-refractivity contribution < 1.29 is 23.7 Å². The van der Waals surface area contributed by atoms with Crippen molar-refractivity contribution in [2.24, 2.45) is 0 Å². The Bertz CT molecular complexity index is 1610. The van der Waals surface area contributed by atoms with Crippen LogP contribution in [0.15, 0.2) is 97.2 Å². The van der Waals surface area contributed by atoms with Gasteiger partial charge in [0.1, 0.15) is 6.61 Å². The third kappa shape index (κ3) is 5.20. The molecule has 1 heterocycles. The van der Waals surface area contributed by atoms with Crippen molar-refractivity contribution >= 4 is 12.0 Å². The van der Waals surface area contributed by atoms with Crippen LogP contribution in [-0.4, -0.2) is 32.1 Å². The predicted molar refractivity (Wildman–Crippen MR) is 156 cm³/mol. The average molecular weight is 547 g/mol. The number of rotatable bonds is 9. The molecule has 4 aromatic rings. The quantitative estimate of drug-likeness (QED) is 0.242. The molecule has 0 fully saturated rings. The Hall–Kier alpha value is -5.22. The van der Waals surface area contributed by atoms with Crippen LogP contribution >= 0.6 is 0 Å². The molecule has 1 aliphatic heterocycles. The minimum atomic E-state index is -1.49. The van der Waals surface area contributed by atoms with Gasteiger partial charge >= 0.3 is 0 Å². The number of nitrogens with zero attached hydrogens (tertiary/aromatic N) is 2. The van der Waals surface area contributed by atoms with E-state index in [4.69, 9.17) is 18.9 Å². The number of ether oxygens (including phenoxy) is 4. The summed E-state index contributed by atoms with van der Waals surface area (Å²) >= 11 is 0. The topological polar surface area (TPSA) is 81.0 Å². The van der Waals surface area contributed by atoms with E-state index in [2.05, 4.69) is 6.07 Å². The number of benzene rings is 4. The second-order valence-electron chi connectivity index (χ2n) is 9.53. The number of hydrogen-bond donors (Lipinski definition) is 0. The number of nitriles is 1. The monoisotopic (exact) mass is 546 g/mol. The van der Waals surface area contributed by atoms with E-state index in [1.54, 1.807) is 57.9 Å². The minimum Gasteiger partial charge on any atom is -0.493 e. The van der Waals surface area contributed by atoms with E-state index >= 15 is 0 Å². The standard InChI is InChI=1S/C34H30N2O5/c1-38-28-16-14-25(20-30(28)40-3)21-34(23-35)31-26(18-19-36(34)33(37)27-12-8-5-9-13-27)15-17-29(39-2)32(31)41-22-24-10-6-4-7-11-24/h4-20H,21-22H2,1-3H3. The van der Waals surface area contributed by atoms with Gasteiger partial charge in [0, 0.05) is 23.7 Å². The van der Waals surface area contributed by atoms with Crippen LogP contribution in [0.2, 0.25) is 0 Å². The SMILES string of the molecule is COc1ccc(CC2(C#N)c3c(ccc(OC)c3OCc3ccccc3)C=CN2C(=O)c2ccccc2)cc1OC. The smallest absolute Gasteiger partial charge is 0.259 e. The maximum atomic E-state index is 14.0. The Labute approximate surface area is 239 Å². The van der Waals surface area contributed by atoms with Gasteiger partial charge in [0.25, 0.3) is 5.91 Å². The van der Waals surface area contributed by atoms with E-state index in [1.807, 2.05) is 66.7 Å². The van der Waals surface area contributed by atoms with Crippen molar-refractivity contribution in [1.82, 2.24) is 4.90 Å². The van der Waals surface area contributed by atoms with Gasteiger partial charge in [-0.3, -0.25) is 9.69 Å². The summed E-state index contributed by atoms with van der Waals surface area (Å²) in [7, 11) is 4.69. The largest absolute Gasteiger partial charge is 0.493 e. The molecule has 0 N–H and O–H groups in total. The number of hydrogen-bond acceptors (Lipinski definition) is 6. The van der Waals surface area contributed by atoms with Crippen molar-refractivity contribution in [2.45, 2.75) is 18.6 Å². The van der Waals surface area contributed by atoms with Crippen molar-refractivity contribution in [1.29, 1.82) is 5.26 Å². The van der Waals surface area contributed by atoms with Gasteiger partial charge in [-0.25, -0.2) is 0 Å². The maximum Gasteiger partial charge on any atom is 0.259 e. The van der Waals surface area contributed by atoms with Crippen LogP contribution in [0.3, 0.4) is 0 Å². The molecule has 0 radical (unpaired) electrons. The van der Waals surface area contributed by atoms with Crippen LogP contribution in [0, 0.1) is 11.3 Å². The summed E-state index contributed by atoms with van der Waals surface area (Å²) in [6.45, 7) is 0.252. The summed E-state index contributed by atoms with van der Waals surface area (Å²) in [6.07, 6.45) is 3.65. The number of carbonyl (C=O) groups is 1. The lowest BCUT2D eigenvalue weighted by Crippen LogP contribution is -2.49. The molecular weight excluding hydrogens is 516 g/mol. The third-order valence-electron chi connectivity index (χ3n) is 7.16. The molecule has 4 aromatic carbocycles. The molecule has 1 aliphatic rings. The molecule has 7 nitrogen and oxygen atoms in total. The molecule has 0 saturated carbocycles. The number of carbonyl (C=O) groups excluding carboxylic acids is 1. The number of amides is 1. The molecule has 1 amide bonds. The van der Waals surface area contributed by atoms with Gasteiger partial charge in [-0.05, 0) is 53.1 Å². The Morgan fingerprint density at radius 2 is 1.46 bits per heavy atom. The van der Waals surface area contributed by atoms with Gasteiger partial charge in [-0.2, -0.15) is 5.26 Å². The fourth-order valence-corrected chi connectivity index (χ4v) is 5.15. The summed E-state index contributed by atoms with van der Waals surface area (Å²) in [5.74, 6) is 1.65. The highest BCUT2D eigenvalue weighted by Crippen LogP contribution is 2.48. The highest BCUT2D eigenvalue weighted by molar-refractivity contribution is 5.97. The fraction of sp³-hybridized carbons (Fsp3) is 0.176. The van der Waals surface area contributed by atoms with Gasteiger partial charge in [-0.15, -0.1) is 0 Å². The molecule has 1 atom stereocenters. The molecule has 0 saturated heterocycles. The van der Waals surface area contributed by atoms with E-state index in [0.717, 1.165) is 16.7 Å². The highest BCUT2D eigenvalue weighted by atomic mass is 16.5. The summed E-state index contributed by atoms with van der Waals surface area (Å²) in [4.78, 5) is 15.5. The lowest BCUT2D eigenvalue weighted by Gasteiger charge is -2.41. The first-order valence-corrected chi connectivity index (χ1v) is 13.1. The van der Waals surface area contributed by atoms with Crippen molar-refractivity contribution in [3.8, 4) is 29.1 Å². The first kappa shape index (κ1) is 27.4. The Morgan fingerprint density at radius 3 is 2.12 bits per heavy atom. The third-order valence-corrected chi connectivity index (χ3v) is 7.16. The molecule has 0 aliphatic carbocycles. The van der Waals surface area contributed by atoms with E-state index in [9.17, 15) is 10.1 Å². The average Bonchev–Trinajstić information content (AvgIpc) is 3.03. The second-order valence-corrected chi connectivity index (χ2v) is 9.53. The summed E-state index contributed by atoms with van der Waals surface area (Å²) in [5.41, 5.74) is 2.01. The molecule has 0 spiro atoms. The van der Waals surface area contributed by atoms with Crippen LogP contribution in [0.5, 0.6) is 23.0 Å². The second kappa shape index (κ2) is 11.9. The lowest BCUT2D eigenvalue weighted by atomic mass is 9.78. The summed E-state index contributed by atoms with van der Waals surface area (Å²) in [6, 6.07) is 30.4. The predicted octanol–water partition coefficient (Wildman–Crippen LogP) is 6.38. The zero-order valence-electron chi connectivity index (χ0n) is 23.2. The van der Waals surface area contributed by atoms with Gasteiger partial charge in [-0.1, -0.05) is 60.7 Å². The fourth-order valence-electron chi connectivity index (χ4n) is 5.15. The van der Waals surface area contributed by atoms with Gasteiger partial charge in [0.2, 0.25) is 0 Å². The van der Waals surface area contributed by atoms with Crippen LogP contribution < -0.4 is 18.9 Å². The van der Waals surface area contributed by atoms with E-state index < -0.39 is 5.54 Å². The van der Waals surface area contributed by atoms with E-state index in [-0.39, 0.29) is 18.9 Å². The number of fused-ring (bicyclic) bond motifs is 1. The molecule has 7 heteroatoms. The first-order valence-electron chi connectivity index (χ1n) is 13.1. The Balaban J connectivity index is 1.71. The Morgan fingerprint density at radius 1 is 0.805 bits per heavy atom.